The number of amides is 1. The molecule has 0 aromatic heterocycles. The summed E-state index contributed by atoms with van der Waals surface area (Å²) in [6, 6.07) is -0.158. The first kappa shape index (κ1) is 14.9. The highest BCUT2D eigenvalue weighted by Crippen LogP contribution is 2.49. The van der Waals surface area contributed by atoms with Crippen LogP contribution in [0.1, 0.15) is 45.4 Å². The minimum absolute atomic E-state index is 0.158. The van der Waals surface area contributed by atoms with Crippen LogP contribution in [0, 0.1) is 5.92 Å². The van der Waals surface area contributed by atoms with E-state index in [2.05, 4.69) is 0 Å². The third-order valence-electron chi connectivity index (χ3n) is 4.75. The van der Waals surface area contributed by atoms with Gasteiger partial charge < -0.3 is 15.1 Å². The molecule has 0 spiro atoms. The first-order chi connectivity index (χ1) is 10.0. The zero-order valence-electron chi connectivity index (χ0n) is 12.1. The van der Waals surface area contributed by atoms with Crippen LogP contribution in [0.3, 0.4) is 0 Å². The quantitative estimate of drug-likeness (QED) is 0.776. The number of rotatable bonds is 4. The van der Waals surface area contributed by atoms with Crippen molar-refractivity contribution in [1.29, 1.82) is 0 Å². The molecule has 116 valence electrons. The zero-order chi connectivity index (χ0) is 15.1. The van der Waals surface area contributed by atoms with Gasteiger partial charge in [0.1, 0.15) is 5.70 Å². The van der Waals surface area contributed by atoms with E-state index in [-0.39, 0.29) is 17.6 Å². The minimum Gasteiger partial charge on any atom is -0.477 e. The second kappa shape index (κ2) is 5.65. The van der Waals surface area contributed by atoms with Crippen LogP contribution in [0.2, 0.25) is 0 Å². The fourth-order valence-electron chi connectivity index (χ4n) is 3.72. The summed E-state index contributed by atoms with van der Waals surface area (Å²) < 4.78 is 0. The zero-order valence-corrected chi connectivity index (χ0v) is 12.9. The fraction of sp³-hybridized carbons (Fsp3) is 0.733. The molecule has 3 atom stereocenters. The molecular formula is C15H21NO4S. The number of aliphatic hydroxyl groups is 1. The lowest BCUT2D eigenvalue weighted by Gasteiger charge is -2.44. The van der Waals surface area contributed by atoms with Gasteiger partial charge in [-0.3, -0.25) is 4.79 Å². The van der Waals surface area contributed by atoms with Crippen LogP contribution in [0.5, 0.6) is 0 Å². The van der Waals surface area contributed by atoms with Crippen LogP contribution in [-0.4, -0.2) is 44.4 Å². The van der Waals surface area contributed by atoms with Crippen LogP contribution in [-0.2, 0) is 9.59 Å². The van der Waals surface area contributed by atoms with Crippen molar-refractivity contribution in [3.63, 3.8) is 0 Å². The molecule has 3 aliphatic rings. The number of carboxylic acids is 1. The second-order valence-corrected chi connectivity index (χ2v) is 7.60. The molecule has 21 heavy (non-hydrogen) atoms. The van der Waals surface area contributed by atoms with Crippen LogP contribution >= 0.6 is 11.8 Å². The highest BCUT2D eigenvalue weighted by atomic mass is 32.2. The molecule has 2 fully saturated rings. The Hall–Kier alpha value is -1.01. The third-order valence-corrected chi connectivity index (χ3v) is 6.20. The van der Waals surface area contributed by atoms with Crippen LogP contribution in [0.25, 0.3) is 0 Å². The molecule has 2 heterocycles. The molecule has 1 amide bonds. The van der Waals surface area contributed by atoms with Gasteiger partial charge in [0.2, 0.25) is 5.91 Å². The molecule has 2 aliphatic heterocycles. The van der Waals surface area contributed by atoms with E-state index in [1.54, 1.807) is 18.7 Å². The van der Waals surface area contributed by atoms with Crippen LogP contribution in [0.15, 0.2) is 10.6 Å². The molecule has 1 aliphatic carbocycles. The van der Waals surface area contributed by atoms with E-state index < -0.39 is 18.0 Å². The van der Waals surface area contributed by atoms with Crippen molar-refractivity contribution >= 4 is 23.6 Å². The number of hydrogen-bond donors (Lipinski definition) is 2. The first-order valence-electron chi connectivity index (χ1n) is 7.65. The van der Waals surface area contributed by atoms with Gasteiger partial charge >= 0.3 is 5.97 Å². The van der Waals surface area contributed by atoms with E-state index in [4.69, 9.17) is 0 Å². The Morgan fingerprint density at radius 1 is 1.33 bits per heavy atom. The van der Waals surface area contributed by atoms with Crippen molar-refractivity contribution in [3.8, 4) is 0 Å². The third kappa shape index (κ3) is 2.48. The number of nitrogens with zero attached hydrogens (tertiary/aromatic N) is 1. The summed E-state index contributed by atoms with van der Waals surface area (Å²) in [6.45, 7) is 1.60. The van der Waals surface area contributed by atoms with Crippen molar-refractivity contribution in [2.75, 3.05) is 0 Å². The molecule has 0 bridgehead atoms. The van der Waals surface area contributed by atoms with Gasteiger partial charge in [-0.2, -0.15) is 0 Å². The standard InChI is InChI=1S/C15H21NO4S/c1-8(17)12-10-7-11(21-9-5-3-2-4-6-9)13(15(19)20)16(10)14(12)18/h8-10,12,17H,2-7H2,1H3,(H,19,20). The number of carbonyl (C=O) groups is 2. The molecule has 5 nitrogen and oxygen atoms in total. The molecule has 3 rings (SSSR count). The Balaban J connectivity index is 1.79. The van der Waals surface area contributed by atoms with Gasteiger partial charge in [-0.05, 0) is 19.8 Å². The molecule has 2 N–H and O–H groups in total. The van der Waals surface area contributed by atoms with Gasteiger partial charge in [0, 0.05) is 16.6 Å². The van der Waals surface area contributed by atoms with Gasteiger partial charge in [0.05, 0.1) is 18.1 Å². The molecule has 0 radical (unpaired) electrons. The summed E-state index contributed by atoms with van der Waals surface area (Å²) >= 11 is 1.65. The maximum absolute atomic E-state index is 12.1. The summed E-state index contributed by atoms with van der Waals surface area (Å²) in [4.78, 5) is 25.9. The highest BCUT2D eigenvalue weighted by molar-refractivity contribution is 8.03. The Labute approximate surface area is 128 Å². The van der Waals surface area contributed by atoms with Crippen molar-refractivity contribution in [3.05, 3.63) is 10.6 Å². The van der Waals surface area contributed by atoms with Crippen molar-refractivity contribution in [2.45, 2.75) is 62.8 Å². The lowest BCUT2D eigenvalue weighted by atomic mass is 9.83. The van der Waals surface area contributed by atoms with Crippen LogP contribution < -0.4 is 0 Å². The number of aliphatic hydroxyl groups excluding tert-OH is 1. The Morgan fingerprint density at radius 2 is 2.00 bits per heavy atom. The lowest BCUT2D eigenvalue weighted by molar-refractivity contribution is -0.161. The summed E-state index contributed by atoms with van der Waals surface area (Å²) in [5.41, 5.74) is 0.164. The van der Waals surface area contributed by atoms with Gasteiger partial charge in [0.15, 0.2) is 0 Å². The molecule has 0 aromatic rings. The summed E-state index contributed by atoms with van der Waals surface area (Å²) in [7, 11) is 0. The number of fused-ring (bicyclic) bond motifs is 1. The predicted molar refractivity (Wildman–Crippen MR) is 79.5 cm³/mol. The minimum atomic E-state index is -1.02. The van der Waals surface area contributed by atoms with E-state index in [0.29, 0.717) is 11.7 Å². The summed E-state index contributed by atoms with van der Waals surface area (Å²) in [5.74, 6) is -1.70. The normalized spacial score (nSPS) is 31.1. The van der Waals surface area contributed by atoms with E-state index in [1.165, 1.54) is 24.2 Å². The van der Waals surface area contributed by atoms with Gasteiger partial charge in [-0.1, -0.05) is 19.3 Å². The molecule has 1 saturated heterocycles. The van der Waals surface area contributed by atoms with Crippen molar-refractivity contribution in [2.24, 2.45) is 5.92 Å². The maximum atomic E-state index is 12.1. The Bertz CT molecular complexity index is 496. The summed E-state index contributed by atoms with van der Waals surface area (Å²) in [5, 5.41) is 19.6. The first-order valence-corrected chi connectivity index (χ1v) is 8.53. The number of thioether (sulfide) groups is 1. The topological polar surface area (TPSA) is 77.8 Å². The SMILES string of the molecule is CC(O)C1C(=O)N2C(C(=O)O)=C(SC3CCCCC3)CC12. The average Bonchev–Trinajstić information content (AvgIpc) is 2.74. The molecule has 6 heteroatoms. The van der Waals surface area contributed by atoms with E-state index in [0.717, 1.165) is 17.7 Å². The maximum Gasteiger partial charge on any atom is 0.353 e. The summed E-state index contributed by atoms with van der Waals surface area (Å²) in [6.07, 6.45) is 5.79. The molecule has 1 saturated carbocycles. The monoisotopic (exact) mass is 311 g/mol. The van der Waals surface area contributed by atoms with E-state index in [1.807, 2.05) is 0 Å². The molecular weight excluding hydrogens is 290 g/mol. The second-order valence-electron chi connectivity index (χ2n) is 6.20. The number of aliphatic carboxylic acids is 1. The largest absolute Gasteiger partial charge is 0.477 e. The van der Waals surface area contributed by atoms with Gasteiger partial charge in [-0.15, -0.1) is 11.8 Å². The Morgan fingerprint density at radius 3 is 2.57 bits per heavy atom. The molecule has 3 unspecified atom stereocenters. The number of β-lactam (4-membered cyclic amide) rings is 1. The number of carbonyl (C=O) groups excluding carboxylic acids is 1. The lowest BCUT2D eigenvalue weighted by Crippen LogP contribution is -2.61. The van der Waals surface area contributed by atoms with Crippen molar-refractivity contribution in [1.82, 2.24) is 4.90 Å². The smallest absolute Gasteiger partial charge is 0.353 e. The highest BCUT2D eigenvalue weighted by Gasteiger charge is 2.56. The van der Waals surface area contributed by atoms with Gasteiger partial charge in [-0.25, -0.2) is 4.79 Å². The Kier molecular flexibility index (Phi) is 4.01. The predicted octanol–water partition coefficient (Wildman–Crippen LogP) is 1.96. The van der Waals surface area contributed by atoms with Crippen LogP contribution in [0.4, 0.5) is 0 Å². The van der Waals surface area contributed by atoms with E-state index >= 15 is 0 Å². The van der Waals surface area contributed by atoms with E-state index in [9.17, 15) is 19.8 Å². The van der Waals surface area contributed by atoms with Gasteiger partial charge in [0.25, 0.3) is 0 Å². The van der Waals surface area contributed by atoms with Crippen molar-refractivity contribution < 1.29 is 19.8 Å². The fourth-order valence-corrected chi connectivity index (χ4v) is 5.26. The number of hydrogen-bond acceptors (Lipinski definition) is 4. The molecule has 0 aromatic carbocycles. The number of carboxylic acid groups (broad SMARTS) is 1. The average molecular weight is 311 g/mol.